The number of piperazine rings is 1. The molecular formula is C23H27BrN6OS. The average Bonchev–Trinajstić information content (AvgIpc) is 3.17. The standard InChI is InChI=1S/C23H27BrN6OS/c1-16-11-21(30-9-7-29(2)8-10-30)28-23(26-16)25-14-17-3-5-19(6-4-17)27-22(31)13-20-12-18(24)15-32-20/h3-6,11-12,15H,7-10,13-14H2,1-2H3,(H,27,31)(H,25,26,28). The quantitative estimate of drug-likeness (QED) is 0.493. The second kappa shape index (κ2) is 10.4. The first-order chi connectivity index (χ1) is 15.4. The Morgan fingerprint density at radius 3 is 2.56 bits per heavy atom. The van der Waals surface area contributed by atoms with E-state index in [1.54, 1.807) is 11.3 Å². The molecule has 168 valence electrons. The van der Waals surface area contributed by atoms with Gasteiger partial charge in [0.25, 0.3) is 0 Å². The number of halogens is 1. The van der Waals surface area contributed by atoms with Crippen molar-refractivity contribution in [3.8, 4) is 0 Å². The van der Waals surface area contributed by atoms with Crippen molar-refractivity contribution in [1.29, 1.82) is 0 Å². The van der Waals surface area contributed by atoms with E-state index in [0.717, 1.165) is 58.3 Å². The van der Waals surface area contributed by atoms with Gasteiger partial charge >= 0.3 is 0 Å². The molecule has 9 heteroatoms. The number of benzene rings is 1. The van der Waals surface area contributed by atoms with Crippen molar-refractivity contribution >= 4 is 50.6 Å². The van der Waals surface area contributed by atoms with Crippen LogP contribution < -0.4 is 15.5 Å². The normalized spacial score (nSPS) is 14.4. The Balaban J connectivity index is 1.31. The molecule has 0 atom stereocenters. The number of hydrogen-bond donors (Lipinski definition) is 2. The second-order valence-electron chi connectivity index (χ2n) is 7.99. The van der Waals surface area contributed by atoms with Crippen LogP contribution in [0.3, 0.4) is 0 Å². The summed E-state index contributed by atoms with van der Waals surface area (Å²) in [4.78, 5) is 27.2. The molecular weight excluding hydrogens is 488 g/mol. The third-order valence-corrected chi connectivity index (χ3v) is 7.01. The van der Waals surface area contributed by atoms with Crippen molar-refractivity contribution in [3.05, 3.63) is 62.4 Å². The SMILES string of the molecule is Cc1cc(N2CCN(C)CC2)nc(NCc2ccc(NC(=O)Cc3cc(Br)cs3)cc2)n1. The van der Waals surface area contributed by atoms with Crippen LogP contribution in [0.25, 0.3) is 0 Å². The van der Waals surface area contributed by atoms with Gasteiger partial charge in [-0.25, -0.2) is 4.98 Å². The molecule has 3 aromatic rings. The zero-order chi connectivity index (χ0) is 22.5. The van der Waals surface area contributed by atoms with Crippen LogP contribution in [0.1, 0.15) is 16.1 Å². The summed E-state index contributed by atoms with van der Waals surface area (Å²) in [5.41, 5.74) is 2.84. The van der Waals surface area contributed by atoms with Gasteiger partial charge in [0.05, 0.1) is 6.42 Å². The number of thiophene rings is 1. The Hall–Kier alpha value is -2.49. The lowest BCUT2D eigenvalue weighted by Crippen LogP contribution is -2.44. The molecule has 0 radical (unpaired) electrons. The summed E-state index contributed by atoms with van der Waals surface area (Å²) in [6, 6.07) is 11.9. The van der Waals surface area contributed by atoms with E-state index in [1.807, 2.05) is 48.7 Å². The lowest BCUT2D eigenvalue weighted by molar-refractivity contribution is -0.115. The van der Waals surface area contributed by atoms with Gasteiger partial charge in [-0.3, -0.25) is 4.79 Å². The van der Waals surface area contributed by atoms with Crippen LogP contribution in [-0.4, -0.2) is 54.0 Å². The predicted molar refractivity (Wildman–Crippen MR) is 135 cm³/mol. The maximum absolute atomic E-state index is 12.2. The summed E-state index contributed by atoms with van der Waals surface area (Å²) in [6.45, 7) is 6.65. The fourth-order valence-electron chi connectivity index (χ4n) is 3.53. The number of anilines is 3. The molecule has 0 bridgehead atoms. The van der Waals surface area contributed by atoms with Gasteiger partial charge in [-0.1, -0.05) is 12.1 Å². The third-order valence-electron chi connectivity index (χ3n) is 5.31. The summed E-state index contributed by atoms with van der Waals surface area (Å²) in [5, 5.41) is 8.27. The number of nitrogens with zero attached hydrogens (tertiary/aromatic N) is 4. The maximum Gasteiger partial charge on any atom is 0.229 e. The van der Waals surface area contributed by atoms with E-state index in [4.69, 9.17) is 4.98 Å². The van der Waals surface area contributed by atoms with E-state index < -0.39 is 0 Å². The molecule has 7 nitrogen and oxygen atoms in total. The van der Waals surface area contributed by atoms with E-state index in [0.29, 0.717) is 18.9 Å². The van der Waals surface area contributed by atoms with Gasteiger partial charge in [-0.15, -0.1) is 11.3 Å². The first-order valence-corrected chi connectivity index (χ1v) is 12.3. The number of carbonyl (C=O) groups excluding carboxylic acids is 1. The van der Waals surface area contributed by atoms with E-state index in [1.165, 1.54) is 0 Å². The Morgan fingerprint density at radius 1 is 1.12 bits per heavy atom. The molecule has 0 unspecified atom stereocenters. The second-order valence-corrected chi connectivity index (χ2v) is 9.90. The molecule has 0 saturated carbocycles. The number of amides is 1. The van der Waals surface area contributed by atoms with Gasteiger partial charge in [0.2, 0.25) is 11.9 Å². The highest BCUT2D eigenvalue weighted by Crippen LogP contribution is 2.21. The van der Waals surface area contributed by atoms with Crippen molar-refractivity contribution < 1.29 is 4.79 Å². The molecule has 4 rings (SSSR count). The molecule has 1 aliphatic heterocycles. The monoisotopic (exact) mass is 514 g/mol. The summed E-state index contributed by atoms with van der Waals surface area (Å²) in [5.74, 6) is 1.59. The zero-order valence-electron chi connectivity index (χ0n) is 18.3. The Kier molecular flexibility index (Phi) is 7.39. The molecule has 1 fully saturated rings. The zero-order valence-corrected chi connectivity index (χ0v) is 20.7. The molecule has 2 N–H and O–H groups in total. The van der Waals surface area contributed by atoms with Crippen LogP contribution in [0.4, 0.5) is 17.5 Å². The number of rotatable bonds is 7. The molecule has 0 spiro atoms. The summed E-state index contributed by atoms with van der Waals surface area (Å²) in [7, 11) is 2.15. The molecule has 1 aromatic carbocycles. The number of likely N-dealkylation sites (N-methyl/N-ethyl adjacent to an activating group) is 1. The maximum atomic E-state index is 12.2. The van der Waals surface area contributed by atoms with E-state index in [9.17, 15) is 4.79 Å². The topological polar surface area (TPSA) is 73.4 Å². The number of aromatic nitrogens is 2. The Labute approximate surface area is 201 Å². The Bertz CT molecular complexity index is 1060. The first-order valence-electron chi connectivity index (χ1n) is 10.6. The van der Waals surface area contributed by atoms with Gasteiger partial charge in [0, 0.05) is 64.9 Å². The number of hydrogen-bond acceptors (Lipinski definition) is 7. The van der Waals surface area contributed by atoms with Crippen molar-refractivity contribution in [3.63, 3.8) is 0 Å². The molecule has 3 heterocycles. The smallest absolute Gasteiger partial charge is 0.229 e. The molecule has 0 aliphatic carbocycles. The summed E-state index contributed by atoms with van der Waals surface area (Å²) >= 11 is 4.99. The van der Waals surface area contributed by atoms with Gasteiger partial charge in [0.1, 0.15) is 5.82 Å². The van der Waals surface area contributed by atoms with Crippen molar-refractivity contribution in [2.45, 2.75) is 19.9 Å². The lowest BCUT2D eigenvalue weighted by Gasteiger charge is -2.33. The Morgan fingerprint density at radius 2 is 1.88 bits per heavy atom. The number of aryl methyl sites for hydroxylation is 1. The minimum absolute atomic E-state index is 0.0187. The van der Waals surface area contributed by atoms with E-state index in [2.05, 4.69) is 48.4 Å². The van der Waals surface area contributed by atoms with Crippen LogP contribution in [-0.2, 0) is 17.8 Å². The third kappa shape index (κ3) is 6.27. The fraction of sp³-hybridized carbons (Fsp3) is 0.348. The minimum atomic E-state index is -0.0187. The largest absolute Gasteiger partial charge is 0.354 e. The fourth-order valence-corrected chi connectivity index (χ4v) is 4.98. The first kappa shape index (κ1) is 22.7. The minimum Gasteiger partial charge on any atom is -0.354 e. The number of carbonyl (C=O) groups is 1. The van der Waals surface area contributed by atoms with Gasteiger partial charge in [-0.2, -0.15) is 4.98 Å². The number of nitrogens with one attached hydrogen (secondary N) is 2. The molecule has 2 aromatic heterocycles. The average molecular weight is 515 g/mol. The van der Waals surface area contributed by atoms with Crippen molar-refractivity contribution in [2.75, 3.05) is 48.8 Å². The van der Waals surface area contributed by atoms with Crippen molar-refractivity contribution in [1.82, 2.24) is 14.9 Å². The molecule has 1 aliphatic rings. The van der Waals surface area contributed by atoms with Crippen LogP contribution in [0, 0.1) is 6.92 Å². The highest BCUT2D eigenvalue weighted by atomic mass is 79.9. The highest BCUT2D eigenvalue weighted by molar-refractivity contribution is 9.10. The van der Waals surface area contributed by atoms with Gasteiger partial charge < -0.3 is 20.4 Å². The van der Waals surface area contributed by atoms with Crippen LogP contribution >= 0.6 is 27.3 Å². The lowest BCUT2D eigenvalue weighted by atomic mass is 10.2. The molecule has 32 heavy (non-hydrogen) atoms. The van der Waals surface area contributed by atoms with E-state index >= 15 is 0 Å². The van der Waals surface area contributed by atoms with Gasteiger partial charge in [-0.05, 0) is 53.7 Å². The molecule has 1 saturated heterocycles. The predicted octanol–water partition coefficient (Wildman–Crippen LogP) is 4.15. The van der Waals surface area contributed by atoms with Crippen LogP contribution in [0.15, 0.2) is 46.3 Å². The van der Waals surface area contributed by atoms with Crippen LogP contribution in [0.2, 0.25) is 0 Å². The summed E-state index contributed by atoms with van der Waals surface area (Å²) in [6.07, 6.45) is 0.375. The summed E-state index contributed by atoms with van der Waals surface area (Å²) < 4.78 is 1.01. The molecule has 1 amide bonds. The van der Waals surface area contributed by atoms with E-state index in [-0.39, 0.29) is 5.91 Å². The van der Waals surface area contributed by atoms with Crippen molar-refractivity contribution in [2.24, 2.45) is 0 Å². The van der Waals surface area contributed by atoms with Crippen LogP contribution in [0.5, 0.6) is 0 Å². The highest BCUT2D eigenvalue weighted by Gasteiger charge is 2.16. The van der Waals surface area contributed by atoms with Gasteiger partial charge in [0.15, 0.2) is 0 Å².